The number of ether oxygens (including phenoxy) is 1. The third-order valence-corrected chi connectivity index (χ3v) is 3.75. The van der Waals surface area contributed by atoms with Crippen LogP contribution >= 0.6 is 0 Å². The number of nitrogens with zero attached hydrogens (tertiary/aromatic N) is 2. The predicted octanol–water partition coefficient (Wildman–Crippen LogP) is 1.59. The lowest BCUT2D eigenvalue weighted by atomic mass is 9.94. The van der Waals surface area contributed by atoms with Crippen LogP contribution in [0.15, 0.2) is 24.3 Å². The second-order valence-electron chi connectivity index (χ2n) is 5.89. The van der Waals surface area contributed by atoms with Gasteiger partial charge in [-0.1, -0.05) is 12.1 Å². The molecule has 1 N–H and O–H groups in total. The zero-order chi connectivity index (χ0) is 14.0. The Morgan fingerprint density at radius 1 is 1.37 bits per heavy atom. The van der Waals surface area contributed by atoms with Gasteiger partial charge in [0.1, 0.15) is 5.75 Å². The monoisotopic (exact) mass is 264 g/mol. The number of para-hydroxylation sites is 2. The highest BCUT2D eigenvalue weighted by molar-refractivity contribution is 5.61. The maximum absolute atomic E-state index is 9.73. The summed E-state index contributed by atoms with van der Waals surface area (Å²) in [4.78, 5) is 4.57. The predicted molar refractivity (Wildman–Crippen MR) is 77.9 cm³/mol. The molecule has 1 aliphatic heterocycles. The Morgan fingerprint density at radius 3 is 2.68 bits per heavy atom. The molecule has 1 unspecified atom stereocenters. The summed E-state index contributed by atoms with van der Waals surface area (Å²) in [5.74, 6) is 0.860. The molecule has 19 heavy (non-hydrogen) atoms. The van der Waals surface area contributed by atoms with E-state index in [9.17, 15) is 5.11 Å². The van der Waals surface area contributed by atoms with E-state index in [4.69, 9.17) is 4.74 Å². The fourth-order valence-electron chi connectivity index (χ4n) is 3.23. The van der Waals surface area contributed by atoms with Gasteiger partial charge in [-0.25, -0.2) is 0 Å². The minimum atomic E-state index is -0.0466. The Hall–Kier alpha value is -1.26. The van der Waals surface area contributed by atoms with Crippen LogP contribution in [0.4, 0.5) is 5.69 Å². The number of rotatable bonds is 3. The van der Waals surface area contributed by atoms with E-state index in [0.29, 0.717) is 0 Å². The van der Waals surface area contributed by atoms with Gasteiger partial charge in [0, 0.05) is 18.6 Å². The van der Waals surface area contributed by atoms with Crippen LogP contribution in [0.2, 0.25) is 0 Å². The Kier molecular flexibility index (Phi) is 4.02. The van der Waals surface area contributed by atoms with E-state index in [1.807, 2.05) is 18.2 Å². The van der Waals surface area contributed by atoms with Crippen molar-refractivity contribution in [1.29, 1.82) is 0 Å². The molecule has 0 aliphatic carbocycles. The van der Waals surface area contributed by atoms with Crippen LogP contribution in [0.5, 0.6) is 5.75 Å². The first-order valence-corrected chi connectivity index (χ1v) is 6.71. The van der Waals surface area contributed by atoms with Crippen LogP contribution in [0.25, 0.3) is 0 Å². The summed E-state index contributed by atoms with van der Waals surface area (Å²) >= 11 is 0. The van der Waals surface area contributed by atoms with Crippen LogP contribution in [-0.2, 0) is 0 Å². The average molecular weight is 264 g/mol. The maximum atomic E-state index is 9.73. The first-order valence-electron chi connectivity index (χ1n) is 6.71. The van der Waals surface area contributed by atoms with Crippen molar-refractivity contribution in [3.63, 3.8) is 0 Å². The van der Waals surface area contributed by atoms with Gasteiger partial charge in [-0.2, -0.15) is 0 Å². The molecule has 4 heteroatoms. The van der Waals surface area contributed by atoms with Crippen LogP contribution in [0, 0.1) is 0 Å². The lowest BCUT2D eigenvalue weighted by Gasteiger charge is -2.52. The number of piperazine rings is 1. The molecule has 2 rings (SSSR count). The quantitative estimate of drug-likeness (QED) is 0.899. The van der Waals surface area contributed by atoms with Crippen LogP contribution in [-0.4, -0.2) is 55.4 Å². The number of likely N-dealkylation sites (N-methyl/N-ethyl adjacent to an activating group) is 1. The fraction of sp³-hybridized carbons (Fsp3) is 0.600. The second kappa shape index (κ2) is 5.39. The molecule has 1 heterocycles. The number of hydrogen-bond donors (Lipinski definition) is 1. The lowest BCUT2D eigenvalue weighted by Crippen LogP contribution is -2.64. The normalized spacial score (nSPS) is 23.4. The van der Waals surface area contributed by atoms with E-state index < -0.39 is 0 Å². The number of anilines is 1. The Labute approximate surface area is 115 Å². The first-order chi connectivity index (χ1) is 8.99. The smallest absolute Gasteiger partial charge is 0.142 e. The summed E-state index contributed by atoms with van der Waals surface area (Å²) in [5, 5.41) is 9.73. The fourth-order valence-corrected chi connectivity index (χ4v) is 3.23. The molecule has 1 aromatic carbocycles. The highest BCUT2D eigenvalue weighted by Gasteiger charge is 2.39. The molecular weight excluding hydrogens is 240 g/mol. The van der Waals surface area contributed by atoms with Gasteiger partial charge >= 0.3 is 0 Å². The highest BCUT2D eigenvalue weighted by atomic mass is 16.5. The molecule has 1 atom stereocenters. The zero-order valence-corrected chi connectivity index (χ0v) is 12.3. The van der Waals surface area contributed by atoms with Crippen molar-refractivity contribution < 1.29 is 9.84 Å². The SMILES string of the molecule is COc1ccccc1N1C(CO)CN(C)CC1(C)C. The average Bonchev–Trinajstić information content (AvgIpc) is 2.36. The van der Waals surface area contributed by atoms with Gasteiger partial charge in [0.25, 0.3) is 0 Å². The van der Waals surface area contributed by atoms with Crippen molar-refractivity contribution >= 4 is 5.69 Å². The Balaban J connectivity index is 2.43. The van der Waals surface area contributed by atoms with Gasteiger partial charge in [0.2, 0.25) is 0 Å². The van der Waals surface area contributed by atoms with E-state index in [0.717, 1.165) is 24.5 Å². The third kappa shape index (κ3) is 2.69. The van der Waals surface area contributed by atoms with Gasteiger partial charge < -0.3 is 19.6 Å². The largest absolute Gasteiger partial charge is 0.495 e. The van der Waals surface area contributed by atoms with Crippen molar-refractivity contribution in [2.24, 2.45) is 0 Å². The molecular formula is C15H24N2O2. The molecule has 106 valence electrons. The molecule has 0 radical (unpaired) electrons. The Bertz CT molecular complexity index is 434. The van der Waals surface area contributed by atoms with E-state index in [2.05, 4.69) is 36.8 Å². The molecule has 1 fully saturated rings. The molecule has 0 saturated carbocycles. The zero-order valence-electron chi connectivity index (χ0n) is 12.3. The molecule has 0 spiro atoms. The lowest BCUT2D eigenvalue weighted by molar-refractivity contribution is 0.137. The van der Waals surface area contributed by atoms with E-state index in [-0.39, 0.29) is 18.2 Å². The van der Waals surface area contributed by atoms with Crippen LogP contribution in [0.1, 0.15) is 13.8 Å². The summed E-state index contributed by atoms with van der Waals surface area (Å²) < 4.78 is 5.47. The molecule has 0 bridgehead atoms. The molecule has 0 aromatic heterocycles. The van der Waals surface area contributed by atoms with Crippen molar-refractivity contribution in [2.45, 2.75) is 25.4 Å². The van der Waals surface area contributed by atoms with Gasteiger partial charge in [0.05, 0.1) is 25.4 Å². The van der Waals surface area contributed by atoms with Gasteiger partial charge in [-0.05, 0) is 33.0 Å². The number of methoxy groups -OCH3 is 1. The minimum absolute atomic E-state index is 0.0466. The van der Waals surface area contributed by atoms with Gasteiger partial charge in [0.15, 0.2) is 0 Å². The summed E-state index contributed by atoms with van der Waals surface area (Å²) in [5.41, 5.74) is 1.01. The maximum Gasteiger partial charge on any atom is 0.142 e. The van der Waals surface area contributed by atoms with Crippen molar-refractivity contribution in [1.82, 2.24) is 4.90 Å². The summed E-state index contributed by atoms with van der Waals surface area (Å²) in [6, 6.07) is 8.11. The summed E-state index contributed by atoms with van der Waals surface area (Å²) in [7, 11) is 3.79. The number of aliphatic hydroxyl groups is 1. The van der Waals surface area contributed by atoms with E-state index in [1.54, 1.807) is 7.11 Å². The first kappa shape index (κ1) is 14.2. The molecule has 1 aromatic rings. The molecule has 1 aliphatic rings. The highest BCUT2D eigenvalue weighted by Crippen LogP contribution is 2.36. The van der Waals surface area contributed by atoms with Gasteiger partial charge in [-0.3, -0.25) is 0 Å². The van der Waals surface area contributed by atoms with Crippen molar-refractivity contribution in [3.8, 4) is 5.75 Å². The molecule has 4 nitrogen and oxygen atoms in total. The third-order valence-electron chi connectivity index (χ3n) is 3.75. The number of hydrogen-bond acceptors (Lipinski definition) is 4. The van der Waals surface area contributed by atoms with E-state index in [1.165, 1.54) is 0 Å². The molecule has 0 amide bonds. The molecule has 1 saturated heterocycles. The van der Waals surface area contributed by atoms with Gasteiger partial charge in [-0.15, -0.1) is 0 Å². The van der Waals surface area contributed by atoms with E-state index >= 15 is 0 Å². The second-order valence-corrected chi connectivity index (χ2v) is 5.89. The van der Waals surface area contributed by atoms with Crippen LogP contribution < -0.4 is 9.64 Å². The van der Waals surface area contributed by atoms with Crippen molar-refractivity contribution in [2.75, 3.05) is 38.8 Å². The Morgan fingerprint density at radius 2 is 2.05 bits per heavy atom. The van der Waals surface area contributed by atoms with Crippen molar-refractivity contribution in [3.05, 3.63) is 24.3 Å². The minimum Gasteiger partial charge on any atom is -0.495 e. The number of benzene rings is 1. The standard InChI is InChI=1S/C15H24N2O2/c1-15(2)11-16(3)9-12(10-18)17(15)13-7-5-6-8-14(13)19-4/h5-8,12,18H,9-11H2,1-4H3. The summed E-state index contributed by atoms with van der Waals surface area (Å²) in [6.07, 6.45) is 0. The topological polar surface area (TPSA) is 35.9 Å². The number of aliphatic hydroxyl groups excluding tert-OH is 1. The summed E-state index contributed by atoms with van der Waals surface area (Å²) in [6.45, 7) is 6.38. The van der Waals surface area contributed by atoms with Crippen LogP contribution in [0.3, 0.4) is 0 Å².